The lowest BCUT2D eigenvalue weighted by Gasteiger charge is -2.10. The molecule has 0 aromatic carbocycles. The van der Waals surface area contributed by atoms with Crippen LogP contribution in [0.3, 0.4) is 0 Å². The summed E-state index contributed by atoms with van der Waals surface area (Å²) in [5.74, 6) is -0.257. The molecule has 0 rings (SSSR count). The number of hydrogen-bond donors (Lipinski definition) is 1. The van der Waals surface area contributed by atoms with Gasteiger partial charge in [0.15, 0.2) is 0 Å². The van der Waals surface area contributed by atoms with Crippen molar-refractivity contribution in [3.63, 3.8) is 0 Å². The van der Waals surface area contributed by atoms with Gasteiger partial charge in [-0.2, -0.15) is 0 Å². The van der Waals surface area contributed by atoms with Crippen LogP contribution in [0.1, 0.15) is 34.6 Å². The smallest absolute Gasteiger partial charge is 0.302 e. The standard InChI is InChI=1S/C7H14O3.C5H12O2/c1-4-9-5-6(2)10-7(3)8;1-3-7-4-5(2)6/h6H,4-5H2,1-3H3;5-6H,3-4H2,1-2H3. The van der Waals surface area contributed by atoms with Gasteiger partial charge in [0.2, 0.25) is 0 Å². The van der Waals surface area contributed by atoms with Gasteiger partial charge in [0.25, 0.3) is 0 Å². The van der Waals surface area contributed by atoms with Gasteiger partial charge in [0.1, 0.15) is 6.10 Å². The summed E-state index contributed by atoms with van der Waals surface area (Å²) in [4.78, 5) is 10.3. The number of aliphatic hydroxyl groups is 1. The molecule has 0 amide bonds. The normalized spacial score (nSPS) is 13.3. The Morgan fingerprint density at radius 2 is 1.59 bits per heavy atom. The first kappa shape index (κ1) is 18.7. The Kier molecular flexibility index (Phi) is 14.8. The van der Waals surface area contributed by atoms with Gasteiger partial charge < -0.3 is 19.3 Å². The minimum absolute atomic E-state index is 0.127. The van der Waals surface area contributed by atoms with E-state index in [0.717, 1.165) is 0 Å². The van der Waals surface area contributed by atoms with Crippen molar-refractivity contribution in [2.24, 2.45) is 0 Å². The quantitative estimate of drug-likeness (QED) is 0.691. The van der Waals surface area contributed by atoms with E-state index in [9.17, 15) is 4.79 Å². The van der Waals surface area contributed by atoms with Gasteiger partial charge >= 0.3 is 5.97 Å². The van der Waals surface area contributed by atoms with Crippen LogP contribution in [-0.2, 0) is 19.0 Å². The van der Waals surface area contributed by atoms with Gasteiger partial charge in [0.05, 0.1) is 19.3 Å². The Morgan fingerprint density at radius 1 is 1.12 bits per heavy atom. The predicted octanol–water partition coefficient (Wildman–Crippen LogP) is 1.38. The Balaban J connectivity index is 0. The number of carbonyl (C=O) groups excluding carboxylic acids is 1. The molecule has 0 fully saturated rings. The van der Waals surface area contributed by atoms with E-state index in [1.54, 1.807) is 13.8 Å². The van der Waals surface area contributed by atoms with Crippen molar-refractivity contribution in [2.75, 3.05) is 26.4 Å². The molecule has 17 heavy (non-hydrogen) atoms. The maximum absolute atomic E-state index is 10.3. The van der Waals surface area contributed by atoms with E-state index >= 15 is 0 Å². The summed E-state index contributed by atoms with van der Waals surface area (Å²) in [6, 6.07) is 0. The van der Waals surface area contributed by atoms with E-state index in [1.807, 2.05) is 13.8 Å². The third-order valence-electron chi connectivity index (χ3n) is 1.49. The average Bonchev–Trinajstić information content (AvgIpc) is 2.23. The lowest BCUT2D eigenvalue weighted by molar-refractivity contribution is -0.148. The summed E-state index contributed by atoms with van der Waals surface area (Å²) in [5.41, 5.74) is 0. The minimum Gasteiger partial charge on any atom is -0.460 e. The minimum atomic E-state index is -0.319. The monoisotopic (exact) mass is 250 g/mol. The van der Waals surface area contributed by atoms with Crippen molar-refractivity contribution in [2.45, 2.75) is 46.8 Å². The summed E-state index contributed by atoms with van der Waals surface area (Å²) in [7, 11) is 0. The molecule has 0 aliphatic rings. The molecule has 0 saturated carbocycles. The molecule has 5 heteroatoms. The molecule has 2 atom stereocenters. The van der Waals surface area contributed by atoms with Crippen molar-refractivity contribution >= 4 is 5.97 Å². The van der Waals surface area contributed by atoms with E-state index < -0.39 is 0 Å². The zero-order valence-electron chi connectivity index (χ0n) is 11.6. The molecule has 2 unspecified atom stereocenters. The van der Waals surface area contributed by atoms with Crippen molar-refractivity contribution in [1.82, 2.24) is 0 Å². The summed E-state index contributed by atoms with van der Waals surface area (Å²) >= 11 is 0. The van der Waals surface area contributed by atoms with Crippen LogP contribution in [0.4, 0.5) is 0 Å². The molecule has 104 valence electrons. The highest BCUT2D eigenvalue weighted by molar-refractivity contribution is 5.66. The van der Waals surface area contributed by atoms with E-state index in [0.29, 0.717) is 26.4 Å². The number of ether oxygens (including phenoxy) is 3. The van der Waals surface area contributed by atoms with E-state index in [4.69, 9.17) is 19.3 Å². The fourth-order valence-corrected chi connectivity index (χ4v) is 0.890. The largest absolute Gasteiger partial charge is 0.460 e. The highest BCUT2D eigenvalue weighted by Gasteiger charge is 2.03. The lowest BCUT2D eigenvalue weighted by atomic mass is 10.4. The third kappa shape index (κ3) is 21.2. The van der Waals surface area contributed by atoms with Crippen LogP contribution >= 0.6 is 0 Å². The Labute approximate surface area is 104 Å². The second-order valence-corrected chi connectivity index (χ2v) is 3.59. The highest BCUT2D eigenvalue weighted by atomic mass is 16.6. The third-order valence-corrected chi connectivity index (χ3v) is 1.49. The topological polar surface area (TPSA) is 65.0 Å². The van der Waals surface area contributed by atoms with Gasteiger partial charge in [-0.05, 0) is 27.7 Å². The molecule has 0 saturated heterocycles. The first-order valence-corrected chi connectivity index (χ1v) is 5.94. The summed E-state index contributed by atoms with van der Waals surface area (Å²) < 4.78 is 14.7. The summed E-state index contributed by atoms with van der Waals surface area (Å²) in [5, 5.41) is 8.56. The van der Waals surface area contributed by atoms with Gasteiger partial charge in [-0.15, -0.1) is 0 Å². The van der Waals surface area contributed by atoms with Crippen LogP contribution in [0.25, 0.3) is 0 Å². The van der Waals surface area contributed by atoms with Crippen LogP contribution < -0.4 is 0 Å². The predicted molar refractivity (Wildman–Crippen MR) is 65.9 cm³/mol. The van der Waals surface area contributed by atoms with Crippen molar-refractivity contribution < 1.29 is 24.1 Å². The summed E-state index contributed by atoms with van der Waals surface area (Å²) in [6.45, 7) is 11.0. The van der Waals surface area contributed by atoms with E-state index in [2.05, 4.69) is 0 Å². The van der Waals surface area contributed by atoms with Crippen LogP contribution in [0.15, 0.2) is 0 Å². The maximum atomic E-state index is 10.3. The van der Waals surface area contributed by atoms with Crippen molar-refractivity contribution in [3.8, 4) is 0 Å². The van der Waals surface area contributed by atoms with Gasteiger partial charge in [0, 0.05) is 20.1 Å². The Bertz CT molecular complexity index is 170. The molecule has 5 nitrogen and oxygen atoms in total. The summed E-state index contributed by atoms with van der Waals surface area (Å²) in [6.07, 6.45) is -0.447. The molecule has 0 radical (unpaired) electrons. The number of aliphatic hydroxyl groups excluding tert-OH is 1. The fraction of sp³-hybridized carbons (Fsp3) is 0.917. The second kappa shape index (κ2) is 13.4. The van der Waals surface area contributed by atoms with Gasteiger partial charge in [-0.3, -0.25) is 4.79 Å². The van der Waals surface area contributed by atoms with Crippen LogP contribution in [-0.4, -0.2) is 49.7 Å². The molecule has 0 aliphatic heterocycles. The first-order valence-electron chi connectivity index (χ1n) is 5.94. The molecular weight excluding hydrogens is 224 g/mol. The molecule has 0 aromatic heterocycles. The zero-order valence-corrected chi connectivity index (χ0v) is 11.6. The van der Waals surface area contributed by atoms with Gasteiger partial charge in [-0.1, -0.05) is 0 Å². The van der Waals surface area contributed by atoms with Gasteiger partial charge in [-0.25, -0.2) is 0 Å². The number of rotatable bonds is 7. The molecular formula is C12H26O5. The zero-order chi connectivity index (χ0) is 13.7. The maximum Gasteiger partial charge on any atom is 0.302 e. The van der Waals surface area contributed by atoms with E-state index in [1.165, 1.54) is 6.92 Å². The Morgan fingerprint density at radius 3 is 1.88 bits per heavy atom. The van der Waals surface area contributed by atoms with Crippen molar-refractivity contribution in [3.05, 3.63) is 0 Å². The first-order chi connectivity index (χ1) is 7.93. The van der Waals surface area contributed by atoms with Crippen molar-refractivity contribution in [1.29, 1.82) is 0 Å². The fourth-order valence-electron chi connectivity index (χ4n) is 0.890. The van der Waals surface area contributed by atoms with E-state index in [-0.39, 0.29) is 18.2 Å². The highest BCUT2D eigenvalue weighted by Crippen LogP contribution is 1.91. The average molecular weight is 250 g/mol. The molecule has 0 aliphatic carbocycles. The second-order valence-electron chi connectivity index (χ2n) is 3.59. The molecule has 1 N–H and O–H groups in total. The number of esters is 1. The SMILES string of the molecule is CCOCC(C)O.CCOCC(C)OC(C)=O. The number of hydrogen-bond acceptors (Lipinski definition) is 5. The molecule has 0 bridgehead atoms. The Hall–Kier alpha value is -0.650. The van der Waals surface area contributed by atoms with Crippen LogP contribution in [0, 0.1) is 0 Å². The lowest BCUT2D eigenvalue weighted by Crippen LogP contribution is -2.18. The molecule has 0 spiro atoms. The number of carbonyl (C=O) groups is 1. The van der Waals surface area contributed by atoms with Crippen LogP contribution in [0.5, 0.6) is 0 Å². The molecule has 0 heterocycles. The molecule has 0 aromatic rings. The van der Waals surface area contributed by atoms with Crippen LogP contribution in [0.2, 0.25) is 0 Å².